The van der Waals surface area contributed by atoms with Crippen LogP contribution in [0.4, 0.5) is 4.39 Å². The number of ether oxygens (including phenoxy) is 1. The van der Waals surface area contributed by atoms with E-state index < -0.39 is 0 Å². The zero-order chi connectivity index (χ0) is 12.5. The summed E-state index contributed by atoms with van der Waals surface area (Å²) in [5.74, 6) is 0.305. The largest absolute Gasteiger partial charge is 0.493 e. The van der Waals surface area contributed by atoms with Gasteiger partial charge in [0.05, 0.1) is 11.1 Å². The van der Waals surface area contributed by atoms with E-state index in [0.29, 0.717) is 16.8 Å². The van der Waals surface area contributed by atoms with Gasteiger partial charge in [-0.2, -0.15) is 0 Å². The van der Waals surface area contributed by atoms with Crippen molar-refractivity contribution in [2.24, 2.45) is 0 Å². The van der Waals surface area contributed by atoms with Crippen LogP contribution in [0.5, 0.6) is 5.75 Å². The van der Waals surface area contributed by atoms with Crippen LogP contribution in [0.25, 0.3) is 0 Å². The van der Waals surface area contributed by atoms with Crippen molar-refractivity contribution >= 4 is 15.9 Å². The van der Waals surface area contributed by atoms with E-state index in [1.165, 1.54) is 6.07 Å². The molecule has 1 N–H and O–H groups in total. The summed E-state index contributed by atoms with van der Waals surface area (Å²) < 4.78 is 19.1. The molecule has 0 radical (unpaired) electrons. The molecule has 17 heavy (non-hydrogen) atoms. The Labute approximate surface area is 111 Å². The third-order valence-electron chi connectivity index (χ3n) is 2.33. The average Bonchev–Trinajstić information content (AvgIpc) is 2.32. The van der Waals surface area contributed by atoms with Crippen molar-refractivity contribution in [3.05, 3.63) is 28.5 Å². The molecule has 0 fully saturated rings. The molecule has 0 aliphatic rings. The van der Waals surface area contributed by atoms with Crippen molar-refractivity contribution in [3.63, 3.8) is 0 Å². The molecule has 1 aromatic carbocycles. The summed E-state index contributed by atoms with van der Waals surface area (Å²) in [6, 6.07) is 4.83. The number of hydrogen-bond donors (Lipinski definition) is 1. The second kappa shape index (κ2) is 8.48. The van der Waals surface area contributed by atoms with Crippen molar-refractivity contribution in [2.45, 2.75) is 26.2 Å². The van der Waals surface area contributed by atoms with Crippen LogP contribution in [0.1, 0.15) is 26.2 Å². The van der Waals surface area contributed by atoms with Gasteiger partial charge in [0.1, 0.15) is 11.6 Å². The Bertz CT molecular complexity index is 333. The molecule has 0 bridgehead atoms. The minimum Gasteiger partial charge on any atom is -0.493 e. The summed E-state index contributed by atoms with van der Waals surface area (Å²) in [7, 11) is 0. The Morgan fingerprint density at radius 1 is 1.29 bits per heavy atom. The van der Waals surface area contributed by atoms with Gasteiger partial charge in [0.15, 0.2) is 0 Å². The van der Waals surface area contributed by atoms with Gasteiger partial charge in [-0.05, 0) is 60.4 Å². The summed E-state index contributed by atoms with van der Waals surface area (Å²) in [6.45, 7) is 4.87. The zero-order valence-electron chi connectivity index (χ0n) is 10.1. The molecule has 0 saturated carbocycles. The van der Waals surface area contributed by atoms with Gasteiger partial charge in [-0.1, -0.05) is 6.92 Å². The second-order valence-electron chi connectivity index (χ2n) is 3.88. The van der Waals surface area contributed by atoms with Gasteiger partial charge >= 0.3 is 0 Å². The number of rotatable bonds is 8. The predicted octanol–water partition coefficient (Wildman–Crippen LogP) is 3.75. The van der Waals surface area contributed by atoms with Crippen LogP contribution in [0.15, 0.2) is 22.7 Å². The normalized spacial score (nSPS) is 10.5. The van der Waals surface area contributed by atoms with E-state index in [2.05, 4.69) is 28.2 Å². The highest BCUT2D eigenvalue weighted by molar-refractivity contribution is 9.10. The van der Waals surface area contributed by atoms with Gasteiger partial charge in [-0.15, -0.1) is 0 Å². The Morgan fingerprint density at radius 2 is 2.12 bits per heavy atom. The third-order valence-corrected chi connectivity index (χ3v) is 2.98. The van der Waals surface area contributed by atoms with Gasteiger partial charge in [0.25, 0.3) is 0 Å². The quantitative estimate of drug-likeness (QED) is 0.739. The van der Waals surface area contributed by atoms with Crippen LogP contribution in [0, 0.1) is 5.82 Å². The Kier molecular flexibility index (Phi) is 7.21. The summed E-state index contributed by atoms with van der Waals surface area (Å²) in [5.41, 5.74) is 0. The maximum Gasteiger partial charge on any atom is 0.141 e. The third kappa shape index (κ3) is 6.03. The van der Waals surface area contributed by atoms with E-state index in [9.17, 15) is 4.39 Å². The van der Waals surface area contributed by atoms with E-state index >= 15 is 0 Å². The molecule has 0 atom stereocenters. The first-order valence-electron chi connectivity index (χ1n) is 6.02. The minimum atomic E-state index is -0.285. The second-order valence-corrected chi connectivity index (χ2v) is 4.74. The van der Waals surface area contributed by atoms with Crippen LogP contribution in [0.2, 0.25) is 0 Å². The lowest BCUT2D eigenvalue weighted by molar-refractivity contribution is 0.304. The lowest BCUT2D eigenvalue weighted by Gasteiger charge is -2.07. The molecule has 0 amide bonds. The van der Waals surface area contributed by atoms with Crippen molar-refractivity contribution in [1.82, 2.24) is 5.32 Å². The van der Waals surface area contributed by atoms with Crippen LogP contribution in [-0.4, -0.2) is 19.7 Å². The molecule has 0 unspecified atom stereocenters. The van der Waals surface area contributed by atoms with Crippen molar-refractivity contribution < 1.29 is 9.13 Å². The Balaban J connectivity index is 2.11. The number of benzene rings is 1. The fourth-order valence-corrected chi connectivity index (χ4v) is 1.66. The molecular formula is C13H19BrFNO. The van der Waals surface area contributed by atoms with Crippen molar-refractivity contribution in [1.29, 1.82) is 0 Å². The van der Waals surface area contributed by atoms with E-state index in [4.69, 9.17) is 4.74 Å². The highest BCUT2D eigenvalue weighted by Crippen LogP contribution is 2.20. The predicted molar refractivity (Wildman–Crippen MR) is 72.0 cm³/mol. The number of halogens is 2. The van der Waals surface area contributed by atoms with Gasteiger partial charge in [0.2, 0.25) is 0 Å². The van der Waals surface area contributed by atoms with Gasteiger partial charge in [0, 0.05) is 6.07 Å². The standard InChI is InChI=1S/C13H19BrFNO/c1-2-7-16-8-3-4-9-17-11-5-6-12(14)13(15)10-11/h5-6,10,16H,2-4,7-9H2,1H3. The first-order chi connectivity index (χ1) is 8.24. The molecule has 0 aromatic heterocycles. The van der Waals surface area contributed by atoms with Gasteiger partial charge in [-0.25, -0.2) is 4.39 Å². The summed E-state index contributed by atoms with van der Waals surface area (Å²) in [6.07, 6.45) is 3.22. The number of nitrogens with one attached hydrogen (secondary N) is 1. The highest BCUT2D eigenvalue weighted by Gasteiger charge is 2.00. The maximum absolute atomic E-state index is 13.2. The summed E-state index contributed by atoms with van der Waals surface area (Å²) in [5, 5.41) is 3.33. The van der Waals surface area contributed by atoms with Crippen LogP contribution in [0.3, 0.4) is 0 Å². The lowest BCUT2D eigenvalue weighted by Crippen LogP contribution is -2.16. The van der Waals surface area contributed by atoms with E-state index in [-0.39, 0.29) is 5.82 Å². The van der Waals surface area contributed by atoms with Crippen LogP contribution >= 0.6 is 15.9 Å². The molecular weight excluding hydrogens is 285 g/mol. The fraction of sp³-hybridized carbons (Fsp3) is 0.538. The maximum atomic E-state index is 13.2. The monoisotopic (exact) mass is 303 g/mol. The molecule has 0 saturated heterocycles. The highest BCUT2D eigenvalue weighted by atomic mass is 79.9. The Hall–Kier alpha value is -0.610. The Morgan fingerprint density at radius 3 is 2.82 bits per heavy atom. The van der Waals surface area contributed by atoms with Gasteiger partial charge < -0.3 is 10.1 Å². The SMILES string of the molecule is CCCNCCCCOc1ccc(Br)c(F)c1. The lowest BCUT2D eigenvalue weighted by atomic mass is 10.3. The minimum absolute atomic E-state index is 0.285. The molecule has 0 aliphatic carbocycles. The summed E-state index contributed by atoms with van der Waals surface area (Å²) >= 11 is 3.11. The number of unbranched alkanes of at least 4 members (excludes halogenated alkanes) is 1. The first-order valence-corrected chi connectivity index (χ1v) is 6.82. The molecule has 4 heteroatoms. The molecule has 0 heterocycles. The topological polar surface area (TPSA) is 21.3 Å². The molecule has 1 aromatic rings. The molecule has 2 nitrogen and oxygen atoms in total. The zero-order valence-corrected chi connectivity index (χ0v) is 11.7. The molecule has 0 aliphatic heterocycles. The van der Waals surface area contributed by atoms with E-state index in [1.807, 2.05) is 0 Å². The average molecular weight is 304 g/mol. The van der Waals surface area contributed by atoms with Crippen molar-refractivity contribution in [3.8, 4) is 5.75 Å². The number of hydrogen-bond acceptors (Lipinski definition) is 2. The van der Waals surface area contributed by atoms with Crippen LogP contribution < -0.4 is 10.1 Å². The first kappa shape index (κ1) is 14.5. The summed E-state index contributed by atoms with van der Waals surface area (Å²) in [4.78, 5) is 0. The van der Waals surface area contributed by atoms with Crippen molar-refractivity contribution in [2.75, 3.05) is 19.7 Å². The molecule has 0 spiro atoms. The van der Waals surface area contributed by atoms with E-state index in [0.717, 1.165) is 32.4 Å². The molecule has 96 valence electrons. The van der Waals surface area contributed by atoms with Crippen LogP contribution in [-0.2, 0) is 0 Å². The smallest absolute Gasteiger partial charge is 0.141 e. The molecule has 1 rings (SSSR count). The van der Waals surface area contributed by atoms with Gasteiger partial charge in [-0.3, -0.25) is 0 Å². The van der Waals surface area contributed by atoms with E-state index in [1.54, 1.807) is 12.1 Å². The fourth-order valence-electron chi connectivity index (χ4n) is 1.41.